The van der Waals surface area contributed by atoms with Crippen LogP contribution in [0.4, 0.5) is 5.69 Å². The number of benzene rings is 1. The summed E-state index contributed by atoms with van der Waals surface area (Å²) in [7, 11) is 1.66. The smallest absolute Gasteiger partial charge is 0.121 e. The second-order valence-electron chi connectivity index (χ2n) is 4.55. The first-order valence-electron chi connectivity index (χ1n) is 7.02. The van der Waals surface area contributed by atoms with Gasteiger partial charge in [0.05, 0.1) is 33.0 Å². The molecule has 1 saturated heterocycles. The number of hydrogen-bond acceptors (Lipinski definition) is 5. The Morgan fingerprint density at radius 2 is 1.90 bits per heavy atom. The van der Waals surface area contributed by atoms with Crippen LogP contribution in [0.5, 0.6) is 5.75 Å². The van der Waals surface area contributed by atoms with Gasteiger partial charge in [-0.1, -0.05) is 6.07 Å². The first kappa shape index (κ1) is 15.1. The van der Waals surface area contributed by atoms with Crippen molar-refractivity contribution in [3.8, 4) is 5.75 Å². The Morgan fingerprint density at radius 1 is 1.10 bits per heavy atom. The molecule has 0 aromatic heterocycles. The Kier molecular flexibility index (Phi) is 6.63. The topological polar surface area (TPSA) is 40.2 Å². The molecule has 1 heterocycles. The van der Waals surface area contributed by atoms with Crippen molar-refractivity contribution in [2.45, 2.75) is 0 Å². The summed E-state index contributed by atoms with van der Waals surface area (Å²) in [6.07, 6.45) is 0. The van der Waals surface area contributed by atoms with Crippen LogP contribution in [-0.2, 0) is 14.2 Å². The molecule has 1 aromatic carbocycles. The van der Waals surface area contributed by atoms with E-state index in [9.17, 15) is 0 Å². The molecule has 112 valence electrons. The van der Waals surface area contributed by atoms with Crippen LogP contribution in [0.3, 0.4) is 0 Å². The Balaban J connectivity index is 1.74. The lowest BCUT2D eigenvalue weighted by Crippen LogP contribution is -2.36. The quantitative estimate of drug-likeness (QED) is 0.676. The summed E-state index contributed by atoms with van der Waals surface area (Å²) in [6.45, 7) is 5.80. The molecule has 0 unspecified atom stereocenters. The second-order valence-corrected chi connectivity index (χ2v) is 4.55. The van der Waals surface area contributed by atoms with Crippen LogP contribution in [0.2, 0.25) is 0 Å². The van der Waals surface area contributed by atoms with E-state index in [4.69, 9.17) is 18.9 Å². The van der Waals surface area contributed by atoms with Crippen molar-refractivity contribution in [3.63, 3.8) is 0 Å². The van der Waals surface area contributed by atoms with Crippen LogP contribution < -0.4 is 9.64 Å². The Hall–Kier alpha value is -1.30. The van der Waals surface area contributed by atoms with Gasteiger partial charge in [-0.25, -0.2) is 0 Å². The van der Waals surface area contributed by atoms with Gasteiger partial charge in [-0.3, -0.25) is 0 Å². The fraction of sp³-hybridized carbons (Fsp3) is 0.600. The average molecular weight is 281 g/mol. The molecule has 0 aliphatic carbocycles. The second kappa shape index (κ2) is 8.79. The van der Waals surface area contributed by atoms with Gasteiger partial charge in [0.15, 0.2) is 0 Å². The normalized spacial score (nSPS) is 15.3. The van der Waals surface area contributed by atoms with Crippen molar-refractivity contribution in [3.05, 3.63) is 24.3 Å². The van der Waals surface area contributed by atoms with Crippen LogP contribution >= 0.6 is 0 Å². The fourth-order valence-corrected chi connectivity index (χ4v) is 2.05. The molecule has 0 saturated carbocycles. The molecule has 0 N–H and O–H groups in total. The molecule has 1 aromatic rings. The predicted octanol–water partition coefficient (Wildman–Crippen LogP) is 1.56. The Bertz CT molecular complexity index is 380. The molecule has 0 spiro atoms. The van der Waals surface area contributed by atoms with E-state index in [0.29, 0.717) is 26.4 Å². The molecule has 1 fully saturated rings. The Morgan fingerprint density at radius 3 is 2.70 bits per heavy atom. The third-order valence-electron chi connectivity index (χ3n) is 3.12. The van der Waals surface area contributed by atoms with Crippen LogP contribution in [0.15, 0.2) is 24.3 Å². The van der Waals surface area contributed by atoms with Gasteiger partial charge in [-0.15, -0.1) is 0 Å². The van der Waals surface area contributed by atoms with Gasteiger partial charge in [0.25, 0.3) is 0 Å². The number of rotatable bonds is 8. The highest BCUT2D eigenvalue weighted by atomic mass is 16.5. The molecule has 2 rings (SSSR count). The minimum Gasteiger partial charge on any atom is -0.491 e. The summed E-state index contributed by atoms with van der Waals surface area (Å²) in [6, 6.07) is 8.17. The third kappa shape index (κ3) is 5.00. The Labute approximate surface area is 120 Å². The van der Waals surface area contributed by atoms with E-state index in [-0.39, 0.29) is 0 Å². The van der Waals surface area contributed by atoms with Crippen LogP contribution in [-0.4, -0.2) is 59.8 Å². The molecule has 0 atom stereocenters. The van der Waals surface area contributed by atoms with E-state index in [2.05, 4.69) is 17.0 Å². The van der Waals surface area contributed by atoms with Crippen LogP contribution in [0.25, 0.3) is 0 Å². The molecule has 5 heteroatoms. The number of nitrogens with zero attached hydrogens (tertiary/aromatic N) is 1. The fourth-order valence-electron chi connectivity index (χ4n) is 2.05. The molecular formula is C15H23NO4. The van der Waals surface area contributed by atoms with Crippen molar-refractivity contribution in [1.82, 2.24) is 0 Å². The van der Waals surface area contributed by atoms with Crippen LogP contribution in [0, 0.1) is 0 Å². The number of morpholine rings is 1. The van der Waals surface area contributed by atoms with Gasteiger partial charge in [0.1, 0.15) is 12.4 Å². The molecule has 20 heavy (non-hydrogen) atoms. The van der Waals surface area contributed by atoms with Crippen molar-refractivity contribution in [1.29, 1.82) is 0 Å². The molecular weight excluding hydrogens is 258 g/mol. The lowest BCUT2D eigenvalue weighted by molar-refractivity contribution is 0.0544. The summed E-state index contributed by atoms with van der Waals surface area (Å²) >= 11 is 0. The maximum absolute atomic E-state index is 5.69. The number of anilines is 1. The monoisotopic (exact) mass is 281 g/mol. The zero-order valence-electron chi connectivity index (χ0n) is 12.0. The first-order chi connectivity index (χ1) is 9.90. The van der Waals surface area contributed by atoms with Crippen molar-refractivity contribution in [2.24, 2.45) is 0 Å². The van der Waals surface area contributed by atoms with Crippen molar-refractivity contribution in [2.75, 3.05) is 64.7 Å². The molecule has 1 aliphatic rings. The molecule has 1 aliphatic heterocycles. The minimum atomic E-state index is 0.552. The first-order valence-corrected chi connectivity index (χ1v) is 7.02. The maximum atomic E-state index is 5.69. The lowest BCUT2D eigenvalue weighted by atomic mass is 10.2. The largest absolute Gasteiger partial charge is 0.491 e. The SMILES string of the molecule is COCCOCCOc1cccc(N2CCOCC2)c1. The highest BCUT2D eigenvalue weighted by Crippen LogP contribution is 2.21. The van der Waals surface area contributed by atoms with Gasteiger partial charge in [-0.2, -0.15) is 0 Å². The van der Waals surface area contributed by atoms with E-state index >= 15 is 0 Å². The molecule has 0 amide bonds. The summed E-state index contributed by atoms with van der Waals surface area (Å²) < 4.78 is 21.3. The highest BCUT2D eigenvalue weighted by molar-refractivity contribution is 5.50. The molecule has 5 nitrogen and oxygen atoms in total. The van der Waals surface area contributed by atoms with Gasteiger partial charge >= 0.3 is 0 Å². The van der Waals surface area contributed by atoms with Gasteiger partial charge < -0.3 is 23.8 Å². The van der Waals surface area contributed by atoms with Gasteiger partial charge in [0, 0.05) is 32.0 Å². The number of ether oxygens (including phenoxy) is 4. The zero-order valence-corrected chi connectivity index (χ0v) is 12.0. The zero-order chi connectivity index (χ0) is 14.0. The van der Waals surface area contributed by atoms with E-state index in [1.165, 1.54) is 5.69 Å². The minimum absolute atomic E-state index is 0.552. The van der Waals surface area contributed by atoms with Gasteiger partial charge in [-0.05, 0) is 12.1 Å². The number of methoxy groups -OCH3 is 1. The van der Waals surface area contributed by atoms with E-state index < -0.39 is 0 Å². The summed E-state index contributed by atoms with van der Waals surface area (Å²) in [5.74, 6) is 0.879. The predicted molar refractivity (Wildman–Crippen MR) is 77.7 cm³/mol. The highest BCUT2D eigenvalue weighted by Gasteiger charge is 2.11. The third-order valence-corrected chi connectivity index (χ3v) is 3.12. The standard InChI is InChI=1S/C15H23NO4/c1-17-9-10-19-11-12-20-15-4-2-3-14(13-15)16-5-7-18-8-6-16/h2-4,13H,5-12H2,1H3. The maximum Gasteiger partial charge on any atom is 0.121 e. The van der Waals surface area contributed by atoms with Crippen molar-refractivity contribution < 1.29 is 18.9 Å². The summed E-state index contributed by atoms with van der Waals surface area (Å²) in [5.41, 5.74) is 1.19. The van der Waals surface area contributed by atoms with Crippen LogP contribution in [0.1, 0.15) is 0 Å². The molecule has 0 bridgehead atoms. The van der Waals surface area contributed by atoms with E-state index in [1.54, 1.807) is 7.11 Å². The van der Waals surface area contributed by atoms with E-state index in [1.807, 2.05) is 12.1 Å². The average Bonchev–Trinajstić information content (AvgIpc) is 2.52. The summed E-state index contributed by atoms with van der Waals surface area (Å²) in [4.78, 5) is 2.31. The van der Waals surface area contributed by atoms with Gasteiger partial charge in [0.2, 0.25) is 0 Å². The van der Waals surface area contributed by atoms with Crippen molar-refractivity contribution >= 4 is 5.69 Å². The lowest BCUT2D eigenvalue weighted by Gasteiger charge is -2.29. The van der Waals surface area contributed by atoms with E-state index in [0.717, 1.165) is 32.1 Å². The number of hydrogen-bond donors (Lipinski definition) is 0. The summed E-state index contributed by atoms with van der Waals surface area (Å²) in [5, 5.41) is 0. The molecule has 0 radical (unpaired) electrons.